The van der Waals surface area contributed by atoms with Gasteiger partial charge in [0.15, 0.2) is 0 Å². The summed E-state index contributed by atoms with van der Waals surface area (Å²) < 4.78 is 0. The quantitative estimate of drug-likeness (QED) is 0.0782. The third-order valence-electron chi connectivity index (χ3n) is 6.43. The Hall–Kier alpha value is -3.84. The van der Waals surface area contributed by atoms with Gasteiger partial charge in [-0.15, -0.1) is 0 Å². The number of hydrogen-bond acceptors (Lipinski definition) is 0. The van der Waals surface area contributed by atoms with Gasteiger partial charge in [0, 0.05) is 16.7 Å². The standard InChI is InChI=1S/C21H17Cl.C14H10.C7H7.BrH.Mg/c1-16-12-14-18(15-13-16)20(17-8-4-2-5-9-17)21(22)19-10-6-3-7-11-19;1-3-7-13(8-4-1)11-12-14-9-5-2-6-10-14;1-7-5-3-2-4-6-7;;/h2-15H,1H3;1-10H;3-6H,1H3;1H;/q;;-1;;+2/p-1/b21-20-;;;;. The smallest absolute Gasteiger partial charge is 1.00 e. The Morgan fingerprint density at radius 2 is 0.822 bits per heavy atom. The van der Waals surface area contributed by atoms with Crippen LogP contribution in [0.2, 0.25) is 0 Å². The molecule has 6 aromatic rings. The molecule has 0 N–H and O–H groups in total. The molecule has 0 saturated heterocycles. The maximum absolute atomic E-state index is 6.76. The molecule has 0 fully saturated rings. The van der Waals surface area contributed by atoms with Crippen LogP contribution in [0.1, 0.15) is 38.9 Å². The van der Waals surface area contributed by atoms with Crippen molar-refractivity contribution >= 4 is 45.3 Å². The molecule has 0 heterocycles. The predicted molar refractivity (Wildman–Crippen MR) is 190 cm³/mol. The third kappa shape index (κ3) is 13.0. The second-order valence-electron chi connectivity index (χ2n) is 9.85. The summed E-state index contributed by atoms with van der Waals surface area (Å²) >= 11 is 6.76. The minimum Gasteiger partial charge on any atom is -1.00 e. The molecular weight excluding hydrogens is 644 g/mol. The predicted octanol–water partition coefficient (Wildman–Crippen LogP) is 7.66. The fourth-order valence-electron chi connectivity index (χ4n) is 4.13. The zero-order valence-corrected chi connectivity index (χ0v) is 29.4. The molecule has 0 unspecified atom stereocenters. The molecule has 0 atom stereocenters. The normalized spacial score (nSPS) is 9.93. The van der Waals surface area contributed by atoms with Crippen LogP contribution in [0.5, 0.6) is 0 Å². The largest absolute Gasteiger partial charge is 2.00 e. The summed E-state index contributed by atoms with van der Waals surface area (Å²) in [6, 6.07) is 59.7. The summed E-state index contributed by atoms with van der Waals surface area (Å²) in [5.41, 5.74) is 8.99. The van der Waals surface area contributed by atoms with Gasteiger partial charge in [0.2, 0.25) is 0 Å². The van der Waals surface area contributed by atoms with E-state index in [1.807, 2.05) is 133 Å². The van der Waals surface area contributed by atoms with Crippen LogP contribution in [0.25, 0.3) is 10.6 Å². The number of aryl methyl sites for hydroxylation is 2. The van der Waals surface area contributed by atoms with Gasteiger partial charge in [-0.25, -0.2) is 0 Å². The average molecular weight is 678 g/mol. The number of rotatable bonds is 3. The van der Waals surface area contributed by atoms with Crippen LogP contribution in [0.3, 0.4) is 0 Å². The van der Waals surface area contributed by atoms with Gasteiger partial charge >= 0.3 is 23.1 Å². The molecule has 0 bridgehead atoms. The topological polar surface area (TPSA) is 0 Å². The van der Waals surface area contributed by atoms with Crippen LogP contribution < -0.4 is 17.0 Å². The van der Waals surface area contributed by atoms with Crippen molar-refractivity contribution in [3.63, 3.8) is 0 Å². The van der Waals surface area contributed by atoms with Crippen molar-refractivity contribution in [3.05, 3.63) is 215 Å². The van der Waals surface area contributed by atoms with Gasteiger partial charge in [-0.3, -0.25) is 0 Å². The number of benzene rings is 6. The van der Waals surface area contributed by atoms with Crippen molar-refractivity contribution in [1.29, 1.82) is 0 Å². The molecule has 0 nitrogen and oxygen atoms in total. The summed E-state index contributed by atoms with van der Waals surface area (Å²) in [7, 11) is 0. The molecule has 0 spiro atoms. The van der Waals surface area contributed by atoms with E-state index < -0.39 is 0 Å². The fraction of sp³-hybridized carbons (Fsp3) is 0.0476. The zero-order chi connectivity index (χ0) is 30.1. The Bertz CT molecular complexity index is 1700. The third-order valence-corrected chi connectivity index (χ3v) is 6.84. The molecule has 6 aromatic carbocycles. The van der Waals surface area contributed by atoms with Crippen LogP contribution in [-0.4, -0.2) is 23.1 Å². The van der Waals surface area contributed by atoms with Gasteiger partial charge in [-0.2, -0.15) is 35.9 Å². The van der Waals surface area contributed by atoms with E-state index in [1.165, 1.54) is 11.1 Å². The van der Waals surface area contributed by atoms with Gasteiger partial charge < -0.3 is 17.0 Å². The first-order valence-corrected chi connectivity index (χ1v) is 14.6. The first-order chi connectivity index (χ1) is 21.1. The van der Waals surface area contributed by atoms with Crippen molar-refractivity contribution in [3.8, 4) is 11.8 Å². The zero-order valence-electron chi connectivity index (χ0n) is 25.6. The maximum Gasteiger partial charge on any atom is 2.00 e. The van der Waals surface area contributed by atoms with E-state index in [1.54, 1.807) is 0 Å². The minimum atomic E-state index is 0. The Morgan fingerprint density at radius 1 is 0.467 bits per heavy atom. The second kappa shape index (κ2) is 21.0. The van der Waals surface area contributed by atoms with E-state index in [9.17, 15) is 0 Å². The second-order valence-corrected chi connectivity index (χ2v) is 10.2. The molecule has 0 aliphatic heterocycles. The van der Waals surface area contributed by atoms with E-state index in [0.29, 0.717) is 0 Å². The van der Waals surface area contributed by atoms with Gasteiger partial charge in [-0.1, -0.05) is 157 Å². The van der Waals surface area contributed by atoms with Gasteiger partial charge in [0.1, 0.15) is 0 Å². The molecule has 45 heavy (non-hydrogen) atoms. The Balaban J connectivity index is 0.000000262. The summed E-state index contributed by atoms with van der Waals surface area (Å²) in [4.78, 5) is 0. The van der Waals surface area contributed by atoms with Crippen LogP contribution in [0.15, 0.2) is 170 Å². The summed E-state index contributed by atoms with van der Waals surface area (Å²) in [6.07, 6.45) is 0. The monoisotopic (exact) mass is 676 g/mol. The van der Waals surface area contributed by atoms with Crippen molar-refractivity contribution in [1.82, 2.24) is 0 Å². The average Bonchev–Trinajstić information content (AvgIpc) is 3.08. The molecule has 0 aliphatic rings. The Labute approximate surface area is 300 Å². The Kier molecular flexibility index (Phi) is 17.4. The minimum absolute atomic E-state index is 0. The van der Waals surface area contributed by atoms with Gasteiger partial charge in [0.05, 0.1) is 5.03 Å². The summed E-state index contributed by atoms with van der Waals surface area (Å²) in [5, 5.41) is 0.774. The van der Waals surface area contributed by atoms with Crippen LogP contribution in [0, 0.1) is 31.8 Å². The molecule has 218 valence electrons. The van der Waals surface area contributed by atoms with Crippen LogP contribution >= 0.6 is 11.6 Å². The first-order valence-electron chi connectivity index (χ1n) is 14.2. The molecule has 0 saturated carbocycles. The molecule has 0 aliphatic carbocycles. The van der Waals surface area contributed by atoms with Crippen molar-refractivity contribution in [2.24, 2.45) is 0 Å². The Morgan fingerprint density at radius 3 is 1.22 bits per heavy atom. The number of hydrogen-bond donors (Lipinski definition) is 0. The van der Waals surface area contributed by atoms with E-state index in [4.69, 9.17) is 11.6 Å². The molecule has 0 aromatic heterocycles. The number of halogens is 2. The van der Waals surface area contributed by atoms with E-state index in [-0.39, 0.29) is 40.0 Å². The van der Waals surface area contributed by atoms with Crippen molar-refractivity contribution in [2.75, 3.05) is 0 Å². The SMILES string of the molecule is C(#Cc1ccccc1)c1ccccc1.Cc1cc[c-]cc1.Cc1ccc(/C(=C(\Cl)c2ccccc2)c2ccccc2)cc1.[Br-].[Mg+2]. The van der Waals surface area contributed by atoms with Crippen molar-refractivity contribution < 1.29 is 17.0 Å². The molecule has 3 heteroatoms. The van der Waals surface area contributed by atoms with E-state index in [0.717, 1.165) is 38.4 Å². The van der Waals surface area contributed by atoms with Crippen LogP contribution in [-0.2, 0) is 0 Å². The van der Waals surface area contributed by atoms with Crippen molar-refractivity contribution in [2.45, 2.75) is 13.8 Å². The summed E-state index contributed by atoms with van der Waals surface area (Å²) in [5.74, 6) is 6.22. The summed E-state index contributed by atoms with van der Waals surface area (Å²) in [6.45, 7) is 4.16. The molecule has 6 rings (SSSR count). The molecular formula is C42H34BrClMg. The van der Waals surface area contributed by atoms with Gasteiger partial charge in [0.25, 0.3) is 0 Å². The van der Waals surface area contributed by atoms with E-state index in [2.05, 4.69) is 68.2 Å². The van der Waals surface area contributed by atoms with Crippen LogP contribution in [0.4, 0.5) is 0 Å². The first kappa shape index (κ1) is 37.3. The fourth-order valence-corrected chi connectivity index (χ4v) is 4.48. The van der Waals surface area contributed by atoms with Gasteiger partial charge in [-0.05, 0) is 47.9 Å². The maximum atomic E-state index is 6.76. The molecule has 0 radical (unpaired) electrons. The van der Waals surface area contributed by atoms with E-state index >= 15 is 0 Å². The molecule has 0 amide bonds.